The van der Waals surface area contributed by atoms with E-state index in [0.29, 0.717) is 18.5 Å². The Bertz CT molecular complexity index is 601. The fourth-order valence-electron chi connectivity index (χ4n) is 3.80. The fraction of sp³-hybridized carbons (Fsp3) is 0.650. The van der Waals surface area contributed by atoms with Gasteiger partial charge in [-0.05, 0) is 30.5 Å². The number of hydrogen-bond acceptors (Lipinski definition) is 4. The Morgan fingerprint density at radius 2 is 2.11 bits per heavy atom. The van der Waals surface area contributed by atoms with E-state index in [-0.39, 0.29) is 5.82 Å². The summed E-state index contributed by atoms with van der Waals surface area (Å²) in [4.78, 5) is 6.84. The predicted octanol–water partition coefficient (Wildman–Crippen LogP) is 1.27. The number of ether oxygens (including phenoxy) is 2. The Kier molecular flexibility index (Phi) is 7.86. The van der Waals surface area contributed by atoms with E-state index in [0.717, 1.165) is 70.4 Å². The Balaban J connectivity index is 1.48. The Morgan fingerprint density at radius 1 is 1.26 bits per heavy atom. The van der Waals surface area contributed by atoms with Gasteiger partial charge in [0.25, 0.3) is 0 Å². The molecule has 2 saturated heterocycles. The van der Waals surface area contributed by atoms with Crippen molar-refractivity contribution in [3.05, 3.63) is 35.6 Å². The molecule has 3 rings (SSSR count). The third kappa shape index (κ3) is 6.16. The van der Waals surface area contributed by atoms with Gasteiger partial charge in [-0.3, -0.25) is 9.89 Å². The Hall–Kier alpha value is -1.70. The second kappa shape index (κ2) is 10.6. The summed E-state index contributed by atoms with van der Waals surface area (Å²) in [5, 5.41) is 6.80. The number of rotatable bonds is 7. The third-order valence-corrected chi connectivity index (χ3v) is 5.32. The first kappa shape index (κ1) is 20.0. The average Bonchev–Trinajstić information content (AvgIpc) is 3.22. The number of nitrogens with zero attached hydrogens (tertiary/aromatic N) is 2. The van der Waals surface area contributed by atoms with Gasteiger partial charge in [0, 0.05) is 51.8 Å². The maximum atomic E-state index is 13.3. The zero-order valence-electron chi connectivity index (χ0n) is 16.1. The summed E-state index contributed by atoms with van der Waals surface area (Å²) < 4.78 is 24.4. The van der Waals surface area contributed by atoms with Crippen LogP contribution in [-0.2, 0) is 15.9 Å². The van der Waals surface area contributed by atoms with Gasteiger partial charge in [-0.15, -0.1) is 0 Å². The molecule has 2 aliphatic rings. The lowest BCUT2D eigenvalue weighted by molar-refractivity contribution is 0.00247. The summed E-state index contributed by atoms with van der Waals surface area (Å²) >= 11 is 0. The van der Waals surface area contributed by atoms with E-state index in [9.17, 15) is 4.39 Å². The molecule has 1 aromatic rings. The highest BCUT2D eigenvalue weighted by molar-refractivity contribution is 5.79. The number of hydrogen-bond donors (Lipinski definition) is 2. The van der Waals surface area contributed by atoms with Gasteiger partial charge in [0.05, 0.1) is 19.8 Å². The molecular weight excluding hydrogens is 347 g/mol. The van der Waals surface area contributed by atoms with E-state index < -0.39 is 0 Å². The zero-order valence-corrected chi connectivity index (χ0v) is 16.1. The smallest absolute Gasteiger partial charge is 0.191 e. The minimum absolute atomic E-state index is 0.192. The van der Waals surface area contributed by atoms with Gasteiger partial charge in [0.1, 0.15) is 5.82 Å². The van der Waals surface area contributed by atoms with E-state index in [1.807, 2.05) is 6.07 Å². The first-order valence-electron chi connectivity index (χ1n) is 9.85. The van der Waals surface area contributed by atoms with Crippen molar-refractivity contribution in [1.29, 1.82) is 0 Å². The molecule has 0 aromatic heterocycles. The van der Waals surface area contributed by atoms with Crippen molar-refractivity contribution in [1.82, 2.24) is 15.5 Å². The molecule has 1 aromatic carbocycles. The van der Waals surface area contributed by atoms with Gasteiger partial charge < -0.3 is 20.1 Å². The van der Waals surface area contributed by atoms with Crippen molar-refractivity contribution in [2.75, 3.05) is 59.7 Å². The van der Waals surface area contributed by atoms with E-state index in [1.165, 1.54) is 6.07 Å². The molecule has 2 N–H and O–H groups in total. The molecule has 6 nitrogen and oxygen atoms in total. The van der Waals surface area contributed by atoms with E-state index in [4.69, 9.17) is 9.47 Å². The van der Waals surface area contributed by atoms with Crippen LogP contribution in [0.1, 0.15) is 12.0 Å². The molecule has 2 unspecified atom stereocenters. The topological polar surface area (TPSA) is 58.1 Å². The highest BCUT2D eigenvalue weighted by Crippen LogP contribution is 2.21. The third-order valence-electron chi connectivity index (χ3n) is 5.32. The second-order valence-electron chi connectivity index (χ2n) is 7.10. The van der Waals surface area contributed by atoms with Crippen molar-refractivity contribution in [3.63, 3.8) is 0 Å². The molecule has 0 radical (unpaired) electrons. The van der Waals surface area contributed by atoms with Crippen LogP contribution in [0.3, 0.4) is 0 Å². The van der Waals surface area contributed by atoms with Gasteiger partial charge in [0.15, 0.2) is 5.96 Å². The minimum atomic E-state index is -0.192. The summed E-state index contributed by atoms with van der Waals surface area (Å²) in [6, 6.07) is 7.14. The molecular formula is C20H31FN4O2. The number of nitrogens with one attached hydrogen (secondary N) is 2. The molecule has 2 heterocycles. The number of morpholine rings is 1. The van der Waals surface area contributed by atoms with Crippen molar-refractivity contribution in [2.24, 2.45) is 10.9 Å². The fourth-order valence-corrected chi connectivity index (χ4v) is 3.80. The highest BCUT2D eigenvalue weighted by atomic mass is 19.1. The summed E-state index contributed by atoms with van der Waals surface area (Å²) in [6.07, 6.45) is 1.86. The molecule has 0 aliphatic carbocycles. The monoisotopic (exact) mass is 378 g/mol. The second-order valence-corrected chi connectivity index (χ2v) is 7.10. The lowest BCUT2D eigenvalue weighted by Crippen LogP contribution is -2.53. The number of guanidine groups is 1. The van der Waals surface area contributed by atoms with E-state index in [2.05, 4.69) is 20.5 Å². The first-order valence-corrected chi connectivity index (χ1v) is 9.85. The molecule has 2 fully saturated rings. The van der Waals surface area contributed by atoms with E-state index in [1.54, 1.807) is 19.2 Å². The molecule has 2 atom stereocenters. The minimum Gasteiger partial charge on any atom is -0.381 e. The summed E-state index contributed by atoms with van der Waals surface area (Å²) in [5.74, 6) is 1.13. The lowest BCUT2D eigenvalue weighted by atomic mass is 9.97. The van der Waals surface area contributed by atoms with Gasteiger partial charge in [0.2, 0.25) is 0 Å². The lowest BCUT2D eigenvalue weighted by Gasteiger charge is -2.37. The molecule has 0 saturated carbocycles. The standard InChI is InChI=1S/C20H31FN4O2/c1-22-20(23-7-5-16-3-2-4-18(21)13-16)24-14-19(17-6-10-27-15-17)25-8-11-26-12-9-25/h2-4,13,17,19H,5-12,14-15H2,1H3,(H2,22,23,24). The van der Waals surface area contributed by atoms with Crippen molar-refractivity contribution >= 4 is 5.96 Å². The van der Waals surface area contributed by atoms with Crippen LogP contribution >= 0.6 is 0 Å². The SMILES string of the molecule is CN=C(NCCc1cccc(F)c1)NCC(C1CCOC1)N1CCOCC1. The molecule has 2 aliphatic heterocycles. The van der Waals surface area contributed by atoms with Gasteiger partial charge in [-0.25, -0.2) is 4.39 Å². The van der Waals surface area contributed by atoms with Crippen molar-refractivity contribution < 1.29 is 13.9 Å². The Morgan fingerprint density at radius 3 is 2.81 bits per heavy atom. The quantitative estimate of drug-likeness (QED) is 0.553. The number of aliphatic imine (C=N–C) groups is 1. The maximum Gasteiger partial charge on any atom is 0.191 e. The van der Waals surface area contributed by atoms with Crippen LogP contribution in [0.4, 0.5) is 4.39 Å². The number of benzene rings is 1. The van der Waals surface area contributed by atoms with Crippen LogP contribution in [0.25, 0.3) is 0 Å². The first-order chi connectivity index (χ1) is 13.3. The van der Waals surface area contributed by atoms with Gasteiger partial charge >= 0.3 is 0 Å². The average molecular weight is 378 g/mol. The molecule has 0 amide bonds. The van der Waals surface area contributed by atoms with Crippen LogP contribution in [0.5, 0.6) is 0 Å². The molecule has 0 bridgehead atoms. The molecule has 0 spiro atoms. The molecule has 7 heteroatoms. The maximum absolute atomic E-state index is 13.3. The molecule has 150 valence electrons. The normalized spacial score (nSPS) is 22.6. The summed E-state index contributed by atoms with van der Waals surface area (Å²) in [7, 11) is 1.78. The summed E-state index contributed by atoms with van der Waals surface area (Å²) in [6.45, 7) is 6.74. The number of halogens is 1. The highest BCUT2D eigenvalue weighted by Gasteiger charge is 2.31. The van der Waals surface area contributed by atoms with Gasteiger partial charge in [-0.2, -0.15) is 0 Å². The van der Waals surface area contributed by atoms with Crippen molar-refractivity contribution in [2.45, 2.75) is 18.9 Å². The van der Waals surface area contributed by atoms with Gasteiger partial charge in [-0.1, -0.05) is 12.1 Å². The van der Waals surface area contributed by atoms with Crippen LogP contribution in [0.15, 0.2) is 29.3 Å². The predicted molar refractivity (Wildman–Crippen MR) is 105 cm³/mol. The van der Waals surface area contributed by atoms with Crippen LogP contribution in [-0.4, -0.2) is 76.6 Å². The van der Waals surface area contributed by atoms with Crippen LogP contribution in [0, 0.1) is 11.7 Å². The van der Waals surface area contributed by atoms with Crippen LogP contribution in [0.2, 0.25) is 0 Å². The summed E-state index contributed by atoms with van der Waals surface area (Å²) in [5.41, 5.74) is 0.979. The van der Waals surface area contributed by atoms with Crippen LogP contribution < -0.4 is 10.6 Å². The van der Waals surface area contributed by atoms with Crippen molar-refractivity contribution in [3.8, 4) is 0 Å². The molecule has 27 heavy (non-hydrogen) atoms. The largest absolute Gasteiger partial charge is 0.381 e. The zero-order chi connectivity index (χ0) is 18.9. The Labute approximate surface area is 161 Å². The van der Waals surface area contributed by atoms with E-state index >= 15 is 0 Å².